The van der Waals surface area contributed by atoms with Crippen LogP contribution in [0.4, 0.5) is 10.2 Å². The van der Waals surface area contributed by atoms with Gasteiger partial charge in [-0.3, -0.25) is 4.99 Å². The number of benzene rings is 1. The molecule has 2 heterocycles. The number of aryl methyl sites for hydroxylation is 1. The molecule has 1 atom stereocenters. The minimum atomic E-state index is -2.96. The van der Waals surface area contributed by atoms with E-state index >= 15 is 0 Å². The molecule has 3 rings (SSSR count). The van der Waals surface area contributed by atoms with Gasteiger partial charge >= 0.3 is 0 Å². The van der Waals surface area contributed by atoms with Crippen LogP contribution >= 0.6 is 0 Å². The Balaban J connectivity index is 1.57. The van der Waals surface area contributed by atoms with Gasteiger partial charge in [0.15, 0.2) is 15.8 Å². The van der Waals surface area contributed by atoms with Crippen LogP contribution in [0, 0.1) is 17.1 Å². The van der Waals surface area contributed by atoms with Gasteiger partial charge in [-0.15, -0.1) is 0 Å². The van der Waals surface area contributed by atoms with E-state index in [4.69, 9.17) is 5.73 Å². The first-order valence-electron chi connectivity index (χ1n) is 9.54. The van der Waals surface area contributed by atoms with Gasteiger partial charge < -0.3 is 16.4 Å². The summed E-state index contributed by atoms with van der Waals surface area (Å²) in [6.07, 6.45) is 1.72. The van der Waals surface area contributed by atoms with Gasteiger partial charge in [0.05, 0.1) is 22.9 Å². The molecule has 1 fully saturated rings. The number of anilines is 1. The van der Waals surface area contributed by atoms with Crippen LogP contribution in [-0.4, -0.2) is 55.3 Å². The van der Waals surface area contributed by atoms with Crippen LogP contribution in [0.25, 0.3) is 5.69 Å². The molecule has 0 spiro atoms. The number of aromatic nitrogens is 2. The average molecular weight is 434 g/mol. The Morgan fingerprint density at radius 1 is 1.43 bits per heavy atom. The van der Waals surface area contributed by atoms with Crippen LogP contribution in [0.5, 0.6) is 0 Å². The lowest BCUT2D eigenvalue weighted by molar-refractivity contribution is 0.599. The molecule has 0 aliphatic carbocycles. The smallest absolute Gasteiger partial charge is 0.191 e. The van der Waals surface area contributed by atoms with E-state index in [9.17, 15) is 18.1 Å². The number of nitrogen functional groups attached to an aromatic ring is 1. The molecule has 9 nitrogen and oxygen atoms in total. The second-order valence-corrected chi connectivity index (χ2v) is 9.28. The van der Waals surface area contributed by atoms with Gasteiger partial charge in [-0.1, -0.05) is 0 Å². The van der Waals surface area contributed by atoms with E-state index in [1.54, 1.807) is 19.2 Å². The second kappa shape index (κ2) is 9.13. The summed E-state index contributed by atoms with van der Waals surface area (Å²) in [4.78, 5) is 4.12. The third-order valence-electron chi connectivity index (χ3n) is 4.86. The normalized spacial score (nSPS) is 18.2. The molecule has 0 amide bonds. The minimum Gasteiger partial charge on any atom is -0.382 e. The first kappa shape index (κ1) is 21.6. The molecule has 11 heteroatoms. The molecular weight excluding hydrogens is 409 g/mol. The first-order chi connectivity index (χ1) is 14.3. The zero-order chi connectivity index (χ0) is 21.7. The minimum absolute atomic E-state index is 0.110. The van der Waals surface area contributed by atoms with Crippen LogP contribution in [0.3, 0.4) is 0 Å². The van der Waals surface area contributed by atoms with Gasteiger partial charge in [0.25, 0.3) is 0 Å². The molecular formula is C19H24FN7O2S. The van der Waals surface area contributed by atoms with E-state index in [1.165, 1.54) is 16.8 Å². The molecule has 2 aromatic rings. The standard InChI is InChI=1S/C19H24FN7O2S/c1-23-19(25-14-8-10-30(28,29)12-14)24-9-2-3-17-16(11-21)18(22)27(26-17)15-6-4-13(20)5-7-15/h4-7,14H,2-3,8-10,12,22H2,1H3,(H2,23,24,25). The van der Waals surface area contributed by atoms with Crippen LogP contribution in [-0.2, 0) is 16.3 Å². The highest BCUT2D eigenvalue weighted by Gasteiger charge is 2.28. The van der Waals surface area contributed by atoms with E-state index in [0.717, 1.165) is 0 Å². The van der Waals surface area contributed by atoms with Crippen molar-refractivity contribution in [2.24, 2.45) is 4.99 Å². The fourth-order valence-corrected chi connectivity index (χ4v) is 4.99. The lowest BCUT2D eigenvalue weighted by Crippen LogP contribution is -2.44. The van der Waals surface area contributed by atoms with Gasteiger partial charge in [0.2, 0.25) is 0 Å². The maximum absolute atomic E-state index is 13.2. The molecule has 1 saturated heterocycles. The average Bonchev–Trinajstić information content (AvgIpc) is 3.22. The summed E-state index contributed by atoms with van der Waals surface area (Å²) in [5.41, 5.74) is 7.50. The van der Waals surface area contributed by atoms with Crippen molar-refractivity contribution in [2.75, 3.05) is 30.8 Å². The van der Waals surface area contributed by atoms with Crippen molar-refractivity contribution in [1.29, 1.82) is 5.26 Å². The van der Waals surface area contributed by atoms with Crippen molar-refractivity contribution in [2.45, 2.75) is 25.3 Å². The van der Waals surface area contributed by atoms with Crippen molar-refractivity contribution >= 4 is 21.6 Å². The van der Waals surface area contributed by atoms with Crippen LogP contribution in [0.1, 0.15) is 24.1 Å². The van der Waals surface area contributed by atoms with E-state index < -0.39 is 9.84 Å². The molecule has 0 saturated carbocycles. The van der Waals surface area contributed by atoms with Gasteiger partial charge in [0, 0.05) is 19.6 Å². The number of rotatable bonds is 6. The van der Waals surface area contributed by atoms with Crippen LogP contribution in [0.2, 0.25) is 0 Å². The summed E-state index contributed by atoms with van der Waals surface area (Å²) in [6.45, 7) is 0.549. The van der Waals surface area contributed by atoms with E-state index in [2.05, 4.69) is 26.8 Å². The summed E-state index contributed by atoms with van der Waals surface area (Å²) in [5, 5.41) is 20.1. The number of nitriles is 1. The Kier molecular flexibility index (Phi) is 6.56. The third-order valence-corrected chi connectivity index (χ3v) is 6.62. The maximum Gasteiger partial charge on any atom is 0.191 e. The van der Waals surface area contributed by atoms with Crippen molar-refractivity contribution in [3.8, 4) is 11.8 Å². The van der Waals surface area contributed by atoms with Crippen LogP contribution < -0.4 is 16.4 Å². The Labute approximate surface area is 174 Å². The summed E-state index contributed by atoms with van der Waals surface area (Å²) < 4.78 is 37.7. The predicted molar refractivity (Wildman–Crippen MR) is 113 cm³/mol. The number of hydrogen-bond donors (Lipinski definition) is 3. The molecule has 1 aromatic heterocycles. The molecule has 4 N–H and O–H groups in total. The molecule has 1 aliphatic rings. The number of aliphatic imine (C=N–C) groups is 1. The molecule has 0 radical (unpaired) electrons. The van der Waals surface area contributed by atoms with Gasteiger partial charge in [-0.05, 0) is 43.5 Å². The topological polar surface area (TPSA) is 138 Å². The van der Waals surface area contributed by atoms with Crippen molar-refractivity contribution in [3.63, 3.8) is 0 Å². The highest BCUT2D eigenvalue weighted by molar-refractivity contribution is 7.91. The number of hydrogen-bond acceptors (Lipinski definition) is 6. The summed E-state index contributed by atoms with van der Waals surface area (Å²) in [6, 6.07) is 7.65. The fourth-order valence-electron chi connectivity index (χ4n) is 3.31. The molecule has 0 bridgehead atoms. The Hall–Kier alpha value is -3.13. The van der Waals surface area contributed by atoms with E-state index in [1.807, 2.05) is 0 Å². The molecule has 160 valence electrons. The monoisotopic (exact) mass is 433 g/mol. The lowest BCUT2D eigenvalue weighted by Gasteiger charge is -2.15. The second-order valence-electron chi connectivity index (χ2n) is 7.05. The van der Waals surface area contributed by atoms with Crippen LogP contribution in [0.15, 0.2) is 29.3 Å². The van der Waals surface area contributed by atoms with E-state index in [-0.39, 0.29) is 29.2 Å². The Morgan fingerprint density at radius 3 is 2.77 bits per heavy atom. The highest BCUT2D eigenvalue weighted by Crippen LogP contribution is 2.21. The molecule has 1 unspecified atom stereocenters. The zero-order valence-electron chi connectivity index (χ0n) is 16.6. The quantitative estimate of drug-likeness (QED) is 0.347. The number of nitrogens with zero attached hydrogens (tertiary/aromatic N) is 4. The summed E-state index contributed by atoms with van der Waals surface area (Å²) in [7, 11) is -1.34. The number of nitrogens with two attached hydrogens (primary N) is 1. The number of halogens is 1. The predicted octanol–water partition coefficient (Wildman–Crippen LogP) is 0.750. The Bertz CT molecular complexity index is 1070. The third kappa shape index (κ3) is 5.07. The summed E-state index contributed by atoms with van der Waals surface area (Å²) >= 11 is 0. The lowest BCUT2D eigenvalue weighted by atomic mass is 10.1. The highest BCUT2D eigenvalue weighted by atomic mass is 32.2. The Morgan fingerprint density at radius 2 is 2.17 bits per heavy atom. The number of sulfone groups is 1. The van der Waals surface area contributed by atoms with E-state index in [0.29, 0.717) is 48.7 Å². The molecule has 1 aromatic carbocycles. The van der Waals surface area contributed by atoms with Crippen molar-refractivity contribution in [1.82, 2.24) is 20.4 Å². The largest absolute Gasteiger partial charge is 0.382 e. The van der Waals surface area contributed by atoms with Gasteiger partial charge in [-0.25, -0.2) is 17.5 Å². The first-order valence-corrected chi connectivity index (χ1v) is 11.4. The summed E-state index contributed by atoms with van der Waals surface area (Å²) in [5.74, 6) is 0.685. The molecule has 1 aliphatic heterocycles. The number of nitrogens with one attached hydrogen (secondary N) is 2. The van der Waals surface area contributed by atoms with Gasteiger partial charge in [-0.2, -0.15) is 10.4 Å². The number of guanidine groups is 1. The van der Waals surface area contributed by atoms with Crippen molar-refractivity contribution in [3.05, 3.63) is 41.3 Å². The molecule has 30 heavy (non-hydrogen) atoms. The fraction of sp³-hybridized carbons (Fsp3) is 0.421. The maximum atomic E-state index is 13.2. The zero-order valence-corrected chi connectivity index (χ0v) is 17.4. The SMILES string of the molecule is CN=C(NCCCc1nn(-c2ccc(F)cc2)c(N)c1C#N)NC1CCS(=O)(=O)C1. The van der Waals surface area contributed by atoms with Crippen molar-refractivity contribution < 1.29 is 12.8 Å². The van der Waals surface area contributed by atoms with Gasteiger partial charge in [0.1, 0.15) is 23.3 Å².